The molecule has 0 aliphatic heterocycles. The molecule has 0 aliphatic carbocycles. The molecule has 0 unspecified atom stereocenters. The predicted molar refractivity (Wildman–Crippen MR) is 60.7 cm³/mol. The smallest absolute Gasteiger partial charge is 0.188 e. The summed E-state index contributed by atoms with van der Waals surface area (Å²) in [5, 5.41) is 6.28. The second kappa shape index (κ2) is 5.59. The van der Waals surface area contributed by atoms with E-state index in [1.54, 1.807) is 18.4 Å². The van der Waals surface area contributed by atoms with Crippen LogP contribution in [0.15, 0.2) is 10.4 Å². The highest BCUT2D eigenvalue weighted by Crippen LogP contribution is 2.10. The lowest BCUT2D eigenvalue weighted by molar-refractivity contribution is 0.764. The van der Waals surface area contributed by atoms with E-state index in [-0.39, 0.29) is 0 Å². The first-order chi connectivity index (χ1) is 6.72. The molecule has 0 fully saturated rings. The van der Waals surface area contributed by atoms with E-state index < -0.39 is 0 Å². The van der Waals surface area contributed by atoms with Gasteiger partial charge in [-0.2, -0.15) is 0 Å². The molecule has 0 saturated carbocycles. The lowest BCUT2D eigenvalue weighted by atomic mass is 10.3. The first kappa shape index (κ1) is 11.0. The molecule has 3 N–H and O–H groups in total. The van der Waals surface area contributed by atoms with Crippen LogP contribution < -0.4 is 11.1 Å². The van der Waals surface area contributed by atoms with Gasteiger partial charge in [0.05, 0.1) is 5.01 Å². The van der Waals surface area contributed by atoms with Gasteiger partial charge in [-0.3, -0.25) is 4.99 Å². The Labute approximate surface area is 88.3 Å². The van der Waals surface area contributed by atoms with Crippen LogP contribution in [0.2, 0.25) is 0 Å². The Kier molecular flexibility index (Phi) is 4.39. The minimum absolute atomic E-state index is 0.500. The lowest BCUT2D eigenvalue weighted by Crippen LogP contribution is -2.32. The fourth-order valence-corrected chi connectivity index (χ4v) is 1.87. The number of thiazole rings is 1. The van der Waals surface area contributed by atoms with Gasteiger partial charge < -0.3 is 11.1 Å². The van der Waals surface area contributed by atoms with Crippen molar-refractivity contribution in [1.82, 2.24) is 10.3 Å². The van der Waals surface area contributed by atoms with Crippen LogP contribution in [0.4, 0.5) is 0 Å². The van der Waals surface area contributed by atoms with Gasteiger partial charge in [-0.15, -0.1) is 11.3 Å². The number of rotatable bonds is 4. The van der Waals surface area contributed by atoms with Crippen LogP contribution in [-0.4, -0.2) is 24.5 Å². The molecule has 0 amide bonds. The molecule has 0 aromatic carbocycles. The summed E-state index contributed by atoms with van der Waals surface area (Å²) in [7, 11) is 1.67. The standard InChI is InChI=1S/C9H16N4S/c1-7-6-14-8(13-7)4-3-5-12-9(10)11-2/h6H,3-5H2,1-2H3,(H3,10,11,12). The normalized spacial score (nSPS) is 11.7. The zero-order valence-electron chi connectivity index (χ0n) is 8.58. The Hall–Kier alpha value is -1.10. The van der Waals surface area contributed by atoms with Crippen molar-refractivity contribution in [1.29, 1.82) is 0 Å². The van der Waals surface area contributed by atoms with Gasteiger partial charge in [0.1, 0.15) is 0 Å². The molecule has 1 rings (SSSR count). The number of hydrogen-bond acceptors (Lipinski definition) is 3. The fraction of sp³-hybridized carbons (Fsp3) is 0.556. The van der Waals surface area contributed by atoms with Crippen LogP contribution in [0.25, 0.3) is 0 Å². The average Bonchev–Trinajstić information content (AvgIpc) is 2.58. The van der Waals surface area contributed by atoms with Gasteiger partial charge in [0.2, 0.25) is 0 Å². The van der Waals surface area contributed by atoms with E-state index in [2.05, 4.69) is 20.7 Å². The summed E-state index contributed by atoms with van der Waals surface area (Å²) < 4.78 is 0. The average molecular weight is 212 g/mol. The first-order valence-corrected chi connectivity index (χ1v) is 5.47. The Morgan fingerprint density at radius 1 is 1.71 bits per heavy atom. The fourth-order valence-electron chi connectivity index (χ4n) is 1.05. The molecule has 1 aromatic heterocycles. The van der Waals surface area contributed by atoms with Crippen molar-refractivity contribution in [2.24, 2.45) is 10.7 Å². The zero-order valence-corrected chi connectivity index (χ0v) is 9.40. The maximum Gasteiger partial charge on any atom is 0.188 e. The van der Waals surface area contributed by atoms with Crippen LogP contribution in [0, 0.1) is 6.92 Å². The Balaban J connectivity index is 2.16. The van der Waals surface area contributed by atoms with Crippen molar-refractivity contribution in [2.45, 2.75) is 19.8 Å². The number of aryl methyl sites for hydroxylation is 2. The van der Waals surface area contributed by atoms with E-state index in [0.29, 0.717) is 5.96 Å². The van der Waals surface area contributed by atoms with Crippen LogP contribution in [0.1, 0.15) is 17.1 Å². The SMILES string of the molecule is CN=C(N)NCCCc1nc(C)cs1. The summed E-state index contributed by atoms with van der Waals surface area (Å²) in [5.41, 5.74) is 6.59. The highest BCUT2D eigenvalue weighted by atomic mass is 32.1. The third kappa shape index (κ3) is 3.74. The van der Waals surface area contributed by atoms with E-state index in [1.807, 2.05) is 6.92 Å². The summed E-state index contributed by atoms with van der Waals surface area (Å²) in [6.45, 7) is 2.86. The quantitative estimate of drug-likeness (QED) is 0.443. The van der Waals surface area contributed by atoms with Crippen molar-refractivity contribution in [3.05, 3.63) is 16.1 Å². The molecule has 78 valence electrons. The number of nitrogens with one attached hydrogen (secondary N) is 1. The number of nitrogens with two attached hydrogens (primary N) is 1. The van der Waals surface area contributed by atoms with Crippen LogP contribution in [0.3, 0.4) is 0 Å². The number of aromatic nitrogens is 1. The monoisotopic (exact) mass is 212 g/mol. The molecule has 14 heavy (non-hydrogen) atoms. The molecule has 1 heterocycles. The van der Waals surface area contributed by atoms with E-state index >= 15 is 0 Å². The van der Waals surface area contributed by atoms with Crippen LogP contribution in [0.5, 0.6) is 0 Å². The summed E-state index contributed by atoms with van der Waals surface area (Å²) in [6.07, 6.45) is 2.03. The van der Waals surface area contributed by atoms with Gasteiger partial charge in [-0.05, 0) is 13.3 Å². The van der Waals surface area contributed by atoms with E-state index in [9.17, 15) is 0 Å². The van der Waals surface area contributed by atoms with Gasteiger partial charge in [0.25, 0.3) is 0 Å². The number of hydrogen-bond donors (Lipinski definition) is 2. The third-order valence-corrected chi connectivity index (χ3v) is 2.81. The maximum absolute atomic E-state index is 5.48. The summed E-state index contributed by atoms with van der Waals surface area (Å²) in [5.74, 6) is 0.500. The zero-order chi connectivity index (χ0) is 10.4. The van der Waals surface area contributed by atoms with Crippen molar-refractivity contribution in [2.75, 3.05) is 13.6 Å². The van der Waals surface area contributed by atoms with Crippen molar-refractivity contribution < 1.29 is 0 Å². The highest BCUT2D eigenvalue weighted by molar-refractivity contribution is 7.09. The molecular formula is C9H16N4S. The van der Waals surface area contributed by atoms with Gasteiger partial charge in [0, 0.05) is 31.1 Å². The topological polar surface area (TPSA) is 63.3 Å². The molecule has 4 nitrogen and oxygen atoms in total. The molecule has 0 saturated heterocycles. The Bertz CT molecular complexity index is 306. The van der Waals surface area contributed by atoms with Crippen molar-refractivity contribution >= 4 is 17.3 Å². The van der Waals surface area contributed by atoms with Gasteiger partial charge in [-0.1, -0.05) is 0 Å². The van der Waals surface area contributed by atoms with Crippen molar-refractivity contribution in [3.63, 3.8) is 0 Å². The Morgan fingerprint density at radius 3 is 3.07 bits per heavy atom. The molecule has 0 aliphatic rings. The second-order valence-corrected chi connectivity index (χ2v) is 3.96. The molecule has 0 spiro atoms. The number of guanidine groups is 1. The summed E-state index contributed by atoms with van der Waals surface area (Å²) >= 11 is 1.71. The molecule has 0 bridgehead atoms. The lowest BCUT2D eigenvalue weighted by Gasteiger charge is -2.02. The third-order valence-electron chi connectivity index (χ3n) is 1.78. The van der Waals surface area contributed by atoms with Gasteiger partial charge in [-0.25, -0.2) is 4.98 Å². The summed E-state index contributed by atoms with van der Waals surface area (Å²) in [6, 6.07) is 0. The minimum Gasteiger partial charge on any atom is -0.370 e. The van der Waals surface area contributed by atoms with Crippen molar-refractivity contribution in [3.8, 4) is 0 Å². The van der Waals surface area contributed by atoms with E-state index in [1.165, 1.54) is 5.01 Å². The Morgan fingerprint density at radius 2 is 2.50 bits per heavy atom. The number of aliphatic imine (C=N–C) groups is 1. The molecule has 0 atom stereocenters. The first-order valence-electron chi connectivity index (χ1n) is 4.59. The van der Waals surface area contributed by atoms with Crippen LogP contribution in [-0.2, 0) is 6.42 Å². The number of nitrogens with zero attached hydrogens (tertiary/aromatic N) is 2. The van der Waals surface area contributed by atoms with Gasteiger partial charge >= 0.3 is 0 Å². The molecule has 5 heteroatoms. The van der Waals surface area contributed by atoms with Gasteiger partial charge in [0.15, 0.2) is 5.96 Å². The van der Waals surface area contributed by atoms with E-state index in [0.717, 1.165) is 25.1 Å². The highest BCUT2D eigenvalue weighted by Gasteiger charge is 1.98. The minimum atomic E-state index is 0.500. The molecule has 0 radical (unpaired) electrons. The van der Waals surface area contributed by atoms with Crippen LogP contribution >= 0.6 is 11.3 Å². The summed E-state index contributed by atoms with van der Waals surface area (Å²) in [4.78, 5) is 8.18. The van der Waals surface area contributed by atoms with E-state index in [4.69, 9.17) is 5.73 Å². The predicted octanol–water partition coefficient (Wildman–Crippen LogP) is 0.918. The second-order valence-electron chi connectivity index (χ2n) is 3.02. The maximum atomic E-state index is 5.48. The molecular weight excluding hydrogens is 196 g/mol. The largest absolute Gasteiger partial charge is 0.370 e. The molecule has 1 aromatic rings.